The van der Waals surface area contributed by atoms with Gasteiger partial charge in [0.2, 0.25) is 0 Å². The summed E-state index contributed by atoms with van der Waals surface area (Å²) in [4.78, 5) is 0. The summed E-state index contributed by atoms with van der Waals surface area (Å²) in [5, 5.41) is 20.1. The van der Waals surface area contributed by atoms with Crippen molar-refractivity contribution in [2.75, 3.05) is 6.61 Å². The SMILES string of the molecule is CC(O)C(CO)(c1ccccc1)c1ccccc1. The van der Waals surface area contributed by atoms with E-state index in [1.165, 1.54) is 0 Å². The minimum Gasteiger partial charge on any atom is -0.395 e. The van der Waals surface area contributed by atoms with Crippen molar-refractivity contribution in [3.05, 3.63) is 71.8 Å². The fourth-order valence-corrected chi connectivity index (χ4v) is 2.43. The van der Waals surface area contributed by atoms with Gasteiger partial charge in [-0.3, -0.25) is 0 Å². The van der Waals surface area contributed by atoms with Gasteiger partial charge in [-0.05, 0) is 18.1 Å². The first-order valence-electron chi connectivity index (χ1n) is 6.12. The number of hydrogen-bond acceptors (Lipinski definition) is 2. The van der Waals surface area contributed by atoms with Crippen LogP contribution in [0, 0.1) is 0 Å². The molecule has 0 aliphatic carbocycles. The van der Waals surface area contributed by atoms with E-state index in [2.05, 4.69) is 0 Å². The van der Waals surface area contributed by atoms with Crippen LogP contribution in [-0.2, 0) is 5.41 Å². The zero-order chi connectivity index (χ0) is 13.0. The van der Waals surface area contributed by atoms with Crippen molar-refractivity contribution in [1.82, 2.24) is 0 Å². The van der Waals surface area contributed by atoms with Gasteiger partial charge in [0, 0.05) is 0 Å². The first kappa shape index (κ1) is 12.8. The summed E-state index contributed by atoms with van der Waals surface area (Å²) >= 11 is 0. The van der Waals surface area contributed by atoms with Crippen LogP contribution < -0.4 is 0 Å². The van der Waals surface area contributed by atoms with Crippen molar-refractivity contribution in [3.63, 3.8) is 0 Å². The molecule has 0 aliphatic rings. The Balaban J connectivity index is 2.61. The van der Waals surface area contributed by atoms with Crippen LogP contribution >= 0.6 is 0 Å². The highest BCUT2D eigenvalue weighted by atomic mass is 16.3. The van der Waals surface area contributed by atoms with Crippen molar-refractivity contribution in [2.45, 2.75) is 18.4 Å². The highest BCUT2D eigenvalue weighted by Gasteiger charge is 2.38. The molecular formula is C16H18O2. The molecule has 0 heterocycles. The Morgan fingerprint density at radius 3 is 1.56 bits per heavy atom. The normalized spacial score (nSPS) is 13.3. The van der Waals surface area contributed by atoms with E-state index < -0.39 is 11.5 Å². The van der Waals surface area contributed by atoms with E-state index in [0.29, 0.717) is 0 Å². The lowest BCUT2D eigenvalue weighted by molar-refractivity contribution is 0.0743. The van der Waals surface area contributed by atoms with Gasteiger partial charge >= 0.3 is 0 Å². The molecule has 0 bridgehead atoms. The van der Waals surface area contributed by atoms with Crippen LogP contribution in [0.1, 0.15) is 18.1 Å². The lowest BCUT2D eigenvalue weighted by Crippen LogP contribution is -2.42. The van der Waals surface area contributed by atoms with E-state index in [1.807, 2.05) is 60.7 Å². The Bertz CT molecular complexity index is 437. The smallest absolute Gasteiger partial charge is 0.0689 e. The van der Waals surface area contributed by atoms with Gasteiger partial charge in [0.25, 0.3) is 0 Å². The average Bonchev–Trinajstić information content (AvgIpc) is 2.42. The maximum Gasteiger partial charge on any atom is 0.0689 e. The molecule has 0 saturated heterocycles. The third-order valence-corrected chi connectivity index (χ3v) is 3.54. The number of aliphatic hydroxyl groups is 2. The van der Waals surface area contributed by atoms with Gasteiger partial charge in [-0.25, -0.2) is 0 Å². The quantitative estimate of drug-likeness (QED) is 0.864. The van der Waals surface area contributed by atoms with E-state index in [9.17, 15) is 10.2 Å². The number of hydrogen-bond donors (Lipinski definition) is 2. The van der Waals surface area contributed by atoms with Crippen LogP contribution in [0.25, 0.3) is 0 Å². The second kappa shape index (κ2) is 5.34. The Kier molecular flexibility index (Phi) is 3.80. The first-order chi connectivity index (χ1) is 8.71. The zero-order valence-corrected chi connectivity index (χ0v) is 10.5. The summed E-state index contributed by atoms with van der Waals surface area (Å²) in [6.07, 6.45) is -0.674. The summed E-state index contributed by atoms with van der Waals surface area (Å²) in [5.74, 6) is 0. The molecule has 18 heavy (non-hydrogen) atoms. The zero-order valence-electron chi connectivity index (χ0n) is 10.5. The molecule has 0 saturated carbocycles. The monoisotopic (exact) mass is 242 g/mol. The molecule has 2 heteroatoms. The lowest BCUT2D eigenvalue weighted by Gasteiger charge is -2.36. The van der Waals surface area contributed by atoms with Crippen molar-refractivity contribution in [1.29, 1.82) is 0 Å². The summed E-state index contributed by atoms with van der Waals surface area (Å²) in [6.45, 7) is 1.59. The molecule has 2 aromatic carbocycles. The minimum absolute atomic E-state index is 0.126. The van der Waals surface area contributed by atoms with Gasteiger partial charge in [0.15, 0.2) is 0 Å². The molecule has 2 rings (SSSR count). The molecule has 2 nitrogen and oxygen atoms in total. The van der Waals surface area contributed by atoms with Crippen molar-refractivity contribution in [2.24, 2.45) is 0 Å². The summed E-state index contributed by atoms with van der Waals surface area (Å²) in [5.41, 5.74) is 1.09. The van der Waals surface area contributed by atoms with Crippen molar-refractivity contribution < 1.29 is 10.2 Å². The third-order valence-electron chi connectivity index (χ3n) is 3.54. The van der Waals surface area contributed by atoms with Gasteiger partial charge in [0.1, 0.15) is 0 Å². The van der Waals surface area contributed by atoms with Gasteiger partial charge in [0.05, 0.1) is 18.1 Å². The number of rotatable bonds is 4. The van der Waals surface area contributed by atoms with Gasteiger partial charge in [-0.15, -0.1) is 0 Å². The number of benzene rings is 2. The third kappa shape index (κ3) is 2.05. The molecular weight excluding hydrogens is 224 g/mol. The van der Waals surface area contributed by atoms with Crippen molar-refractivity contribution >= 4 is 0 Å². The van der Waals surface area contributed by atoms with Gasteiger partial charge in [-0.2, -0.15) is 0 Å². The molecule has 1 unspecified atom stereocenters. The van der Waals surface area contributed by atoms with Crippen molar-refractivity contribution in [3.8, 4) is 0 Å². The standard InChI is InChI=1S/C16H18O2/c1-13(18)16(12-17,14-8-4-2-5-9-14)15-10-6-3-7-11-15/h2-11,13,17-18H,12H2,1H3. The summed E-state index contributed by atoms with van der Waals surface area (Å²) in [7, 11) is 0. The summed E-state index contributed by atoms with van der Waals surface area (Å²) < 4.78 is 0. The fourth-order valence-electron chi connectivity index (χ4n) is 2.43. The topological polar surface area (TPSA) is 40.5 Å². The minimum atomic E-state index is -0.761. The molecule has 1 atom stereocenters. The molecule has 94 valence electrons. The average molecular weight is 242 g/mol. The second-order valence-corrected chi connectivity index (χ2v) is 4.54. The predicted octanol–water partition coefficient (Wildman–Crippen LogP) is 2.35. The van der Waals surface area contributed by atoms with Crippen LogP contribution in [0.4, 0.5) is 0 Å². The van der Waals surface area contributed by atoms with E-state index in [0.717, 1.165) is 11.1 Å². The maximum absolute atomic E-state index is 10.2. The Labute approximate surface area is 108 Å². The number of aliphatic hydroxyl groups excluding tert-OH is 2. The van der Waals surface area contributed by atoms with Gasteiger partial charge in [-0.1, -0.05) is 60.7 Å². The van der Waals surface area contributed by atoms with Crippen LogP contribution in [-0.4, -0.2) is 22.9 Å². The second-order valence-electron chi connectivity index (χ2n) is 4.54. The molecule has 0 fully saturated rings. The van der Waals surface area contributed by atoms with Gasteiger partial charge < -0.3 is 10.2 Å². The molecule has 0 aromatic heterocycles. The largest absolute Gasteiger partial charge is 0.395 e. The van der Waals surface area contributed by atoms with E-state index in [4.69, 9.17) is 0 Å². The highest BCUT2D eigenvalue weighted by Crippen LogP contribution is 2.35. The van der Waals surface area contributed by atoms with Crippen LogP contribution in [0.15, 0.2) is 60.7 Å². The van der Waals surface area contributed by atoms with E-state index in [-0.39, 0.29) is 6.61 Å². The Hall–Kier alpha value is -1.64. The Morgan fingerprint density at radius 2 is 1.28 bits per heavy atom. The highest BCUT2D eigenvalue weighted by molar-refractivity contribution is 5.41. The lowest BCUT2D eigenvalue weighted by atomic mass is 9.71. The molecule has 0 radical (unpaired) electrons. The van der Waals surface area contributed by atoms with E-state index >= 15 is 0 Å². The van der Waals surface area contributed by atoms with Crippen LogP contribution in [0.3, 0.4) is 0 Å². The van der Waals surface area contributed by atoms with E-state index in [1.54, 1.807) is 6.92 Å². The molecule has 0 spiro atoms. The molecule has 2 N–H and O–H groups in total. The first-order valence-corrected chi connectivity index (χ1v) is 6.12. The van der Waals surface area contributed by atoms with Crippen LogP contribution in [0.2, 0.25) is 0 Å². The Morgan fingerprint density at radius 1 is 0.889 bits per heavy atom. The molecule has 2 aromatic rings. The fraction of sp³-hybridized carbons (Fsp3) is 0.250. The summed E-state index contributed by atoms with van der Waals surface area (Å²) in [6, 6.07) is 19.3. The predicted molar refractivity (Wildman–Crippen MR) is 72.4 cm³/mol. The van der Waals surface area contributed by atoms with Crippen LogP contribution in [0.5, 0.6) is 0 Å². The maximum atomic E-state index is 10.2. The molecule has 0 aliphatic heterocycles. The molecule has 0 amide bonds.